The monoisotopic (exact) mass is 352 g/mol. The maximum Gasteiger partial charge on any atom is 0.191 e. The first-order valence-electron chi connectivity index (χ1n) is 8.83. The third-order valence-corrected chi connectivity index (χ3v) is 3.83. The Bertz CT molecular complexity index is 753. The molecule has 0 amide bonds. The Hall–Kier alpha value is -3.09. The number of aliphatic imine (C=N–C) groups is 1. The van der Waals surface area contributed by atoms with Crippen LogP contribution in [0.5, 0.6) is 0 Å². The Morgan fingerprint density at radius 1 is 1.08 bits per heavy atom. The van der Waals surface area contributed by atoms with Crippen molar-refractivity contribution in [3.05, 3.63) is 72.4 Å². The molecule has 0 saturated carbocycles. The van der Waals surface area contributed by atoms with Gasteiger partial charge in [0.05, 0.1) is 19.0 Å². The molecular weight excluding hydrogens is 328 g/mol. The van der Waals surface area contributed by atoms with Gasteiger partial charge in [0, 0.05) is 32.3 Å². The van der Waals surface area contributed by atoms with Crippen molar-refractivity contribution in [1.29, 1.82) is 0 Å². The zero-order chi connectivity index (χ0) is 17.9. The number of guanidine groups is 1. The molecule has 0 saturated heterocycles. The zero-order valence-electron chi connectivity index (χ0n) is 14.7. The van der Waals surface area contributed by atoms with Crippen LogP contribution >= 0.6 is 0 Å². The number of rotatable bonds is 9. The molecule has 7 heteroatoms. The minimum atomic E-state index is 0.639. The fraction of sp³-hybridized carbons (Fsp3) is 0.316. The van der Waals surface area contributed by atoms with Crippen LogP contribution in [0.25, 0.3) is 0 Å². The summed E-state index contributed by atoms with van der Waals surface area (Å²) in [5, 5.41) is 14.5. The van der Waals surface area contributed by atoms with E-state index in [-0.39, 0.29) is 0 Å². The summed E-state index contributed by atoms with van der Waals surface area (Å²) < 4.78 is 7.19. The highest BCUT2D eigenvalue weighted by Crippen LogP contribution is 2.01. The van der Waals surface area contributed by atoms with Crippen LogP contribution in [0.4, 0.5) is 0 Å². The van der Waals surface area contributed by atoms with E-state index in [9.17, 15) is 0 Å². The number of hydrogen-bond acceptors (Lipinski definition) is 4. The minimum absolute atomic E-state index is 0.639. The molecule has 0 aliphatic heterocycles. The van der Waals surface area contributed by atoms with Gasteiger partial charge in [-0.25, -0.2) is 4.99 Å². The van der Waals surface area contributed by atoms with E-state index >= 15 is 0 Å². The average Bonchev–Trinajstić information content (AvgIpc) is 3.37. The smallest absolute Gasteiger partial charge is 0.191 e. The highest BCUT2D eigenvalue weighted by atomic mass is 16.3. The molecule has 0 bridgehead atoms. The summed E-state index contributed by atoms with van der Waals surface area (Å²) in [6.45, 7) is 3.03. The first-order chi connectivity index (χ1) is 12.9. The molecule has 0 spiro atoms. The standard InChI is InChI=1S/C19H24N6O/c1-2-6-17(7-3-1)16-22-19(21-11-9-18-8-4-15-26-18)20-10-5-13-25-14-12-23-24-25/h1-4,6-8,12,14-15H,5,9-11,13,16H2,(H2,20,21,22). The third kappa shape index (κ3) is 6.08. The topological polar surface area (TPSA) is 80.3 Å². The van der Waals surface area contributed by atoms with Gasteiger partial charge in [-0.1, -0.05) is 35.5 Å². The number of nitrogens with zero attached hydrogens (tertiary/aromatic N) is 4. The maximum absolute atomic E-state index is 5.37. The van der Waals surface area contributed by atoms with Crippen molar-refractivity contribution in [2.75, 3.05) is 13.1 Å². The van der Waals surface area contributed by atoms with Crippen molar-refractivity contribution >= 4 is 5.96 Å². The predicted molar refractivity (Wildman–Crippen MR) is 101 cm³/mol. The fourth-order valence-corrected chi connectivity index (χ4v) is 2.49. The highest BCUT2D eigenvalue weighted by Gasteiger charge is 2.01. The molecule has 26 heavy (non-hydrogen) atoms. The van der Waals surface area contributed by atoms with Crippen molar-refractivity contribution in [3.63, 3.8) is 0 Å². The van der Waals surface area contributed by atoms with E-state index in [1.54, 1.807) is 12.5 Å². The van der Waals surface area contributed by atoms with Crippen molar-refractivity contribution in [3.8, 4) is 0 Å². The summed E-state index contributed by atoms with van der Waals surface area (Å²) in [5.74, 6) is 1.77. The molecule has 0 aliphatic rings. The zero-order valence-corrected chi connectivity index (χ0v) is 14.7. The first-order valence-corrected chi connectivity index (χ1v) is 8.83. The number of nitrogens with one attached hydrogen (secondary N) is 2. The van der Waals surface area contributed by atoms with Crippen LogP contribution in [-0.4, -0.2) is 34.0 Å². The molecule has 136 valence electrons. The average molecular weight is 352 g/mol. The molecule has 0 aliphatic carbocycles. The number of hydrogen-bond donors (Lipinski definition) is 2. The van der Waals surface area contributed by atoms with Crippen LogP contribution in [0.15, 0.2) is 70.5 Å². The summed E-state index contributed by atoms with van der Waals surface area (Å²) in [6.07, 6.45) is 7.01. The van der Waals surface area contributed by atoms with Gasteiger partial charge < -0.3 is 15.1 Å². The van der Waals surface area contributed by atoms with Crippen LogP contribution in [-0.2, 0) is 19.5 Å². The lowest BCUT2D eigenvalue weighted by molar-refractivity contribution is 0.506. The maximum atomic E-state index is 5.37. The van der Waals surface area contributed by atoms with Crippen molar-refractivity contribution < 1.29 is 4.42 Å². The van der Waals surface area contributed by atoms with Gasteiger partial charge in [0.2, 0.25) is 0 Å². The summed E-state index contributed by atoms with van der Waals surface area (Å²) in [4.78, 5) is 4.68. The Morgan fingerprint density at radius 2 is 1.96 bits per heavy atom. The first kappa shape index (κ1) is 17.7. The van der Waals surface area contributed by atoms with E-state index < -0.39 is 0 Å². The van der Waals surface area contributed by atoms with Gasteiger partial charge in [-0.3, -0.25) is 4.68 Å². The number of aromatic nitrogens is 3. The Kier molecular flexibility index (Phi) is 6.84. The molecule has 0 unspecified atom stereocenters. The lowest BCUT2D eigenvalue weighted by atomic mass is 10.2. The minimum Gasteiger partial charge on any atom is -0.469 e. The van der Waals surface area contributed by atoms with E-state index in [0.717, 1.165) is 44.2 Å². The molecule has 0 radical (unpaired) electrons. The molecule has 2 heterocycles. The van der Waals surface area contributed by atoms with Crippen LogP contribution < -0.4 is 10.6 Å². The molecule has 0 fully saturated rings. The van der Waals surface area contributed by atoms with Crippen LogP contribution in [0.2, 0.25) is 0 Å². The van der Waals surface area contributed by atoms with Gasteiger partial charge in [-0.15, -0.1) is 5.10 Å². The molecule has 3 aromatic rings. The van der Waals surface area contributed by atoms with Gasteiger partial charge in [0.1, 0.15) is 5.76 Å². The Morgan fingerprint density at radius 3 is 2.73 bits per heavy atom. The van der Waals surface area contributed by atoms with Crippen molar-refractivity contribution in [2.24, 2.45) is 4.99 Å². The summed E-state index contributed by atoms with van der Waals surface area (Å²) in [7, 11) is 0. The number of furan rings is 1. The van der Waals surface area contributed by atoms with E-state index in [0.29, 0.717) is 6.54 Å². The van der Waals surface area contributed by atoms with Crippen molar-refractivity contribution in [1.82, 2.24) is 25.6 Å². The number of benzene rings is 1. The second-order valence-corrected chi connectivity index (χ2v) is 5.85. The molecule has 3 rings (SSSR count). The summed E-state index contributed by atoms with van der Waals surface area (Å²) in [6, 6.07) is 14.1. The van der Waals surface area contributed by atoms with Gasteiger partial charge in [0.15, 0.2) is 5.96 Å². The summed E-state index contributed by atoms with van der Waals surface area (Å²) >= 11 is 0. The fourth-order valence-electron chi connectivity index (χ4n) is 2.49. The van der Waals surface area contributed by atoms with Crippen molar-refractivity contribution in [2.45, 2.75) is 25.9 Å². The Balaban J connectivity index is 1.47. The number of aryl methyl sites for hydroxylation is 1. The van der Waals surface area contributed by atoms with Crippen LogP contribution in [0, 0.1) is 0 Å². The summed E-state index contributed by atoms with van der Waals surface area (Å²) in [5.41, 5.74) is 1.18. The van der Waals surface area contributed by atoms with Gasteiger partial charge in [-0.2, -0.15) is 0 Å². The quantitative estimate of drug-likeness (QED) is 0.351. The van der Waals surface area contributed by atoms with Gasteiger partial charge >= 0.3 is 0 Å². The molecule has 2 N–H and O–H groups in total. The van der Waals surface area contributed by atoms with Gasteiger partial charge in [-0.05, 0) is 24.1 Å². The highest BCUT2D eigenvalue weighted by molar-refractivity contribution is 5.79. The second kappa shape index (κ2) is 10.0. The molecule has 1 aromatic carbocycles. The SMILES string of the molecule is c1ccc(CN=C(NCCCn2ccnn2)NCCc2ccco2)cc1. The molecule has 2 aromatic heterocycles. The molecule has 7 nitrogen and oxygen atoms in total. The molecular formula is C19H24N6O. The second-order valence-electron chi connectivity index (χ2n) is 5.85. The molecule has 0 atom stereocenters. The van der Waals surface area contributed by atoms with E-state index in [1.165, 1.54) is 5.56 Å². The largest absolute Gasteiger partial charge is 0.469 e. The third-order valence-electron chi connectivity index (χ3n) is 3.83. The normalized spacial score (nSPS) is 11.5. The van der Waals surface area contributed by atoms with E-state index in [1.807, 2.05) is 41.2 Å². The van der Waals surface area contributed by atoms with Crippen LogP contribution in [0.1, 0.15) is 17.7 Å². The lowest BCUT2D eigenvalue weighted by Crippen LogP contribution is -2.39. The Labute approximate surface area is 153 Å². The lowest BCUT2D eigenvalue weighted by Gasteiger charge is -2.12. The predicted octanol–water partition coefficient (Wildman–Crippen LogP) is 2.24. The van der Waals surface area contributed by atoms with Crippen LogP contribution in [0.3, 0.4) is 0 Å². The van der Waals surface area contributed by atoms with E-state index in [2.05, 4.69) is 38.1 Å². The van der Waals surface area contributed by atoms with E-state index in [4.69, 9.17) is 4.42 Å². The van der Waals surface area contributed by atoms with Gasteiger partial charge in [0.25, 0.3) is 0 Å².